The van der Waals surface area contributed by atoms with Gasteiger partial charge in [0.25, 0.3) is 0 Å². The first-order chi connectivity index (χ1) is 10.6. The Kier molecular flexibility index (Phi) is 5.85. The third-order valence-corrected chi connectivity index (χ3v) is 6.47. The van der Waals surface area contributed by atoms with Crippen molar-refractivity contribution in [3.8, 4) is 0 Å². The Morgan fingerprint density at radius 1 is 0.696 bits per heavy atom. The van der Waals surface area contributed by atoms with Gasteiger partial charge in [-0.2, -0.15) is 0 Å². The van der Waals surface area contributed by atoms with Crippen LogP contribution in [0.5, 0.6) is 0 Å². The zero-order valence-electron chi connectivity index (χ0n) is 16.3. The van der Waals surface area contributed by atoms with E-state index in [1.807, 2.05) is 0 Å². The van der Waals surface area contributed by atoms with Crippen LogP contribution in [0.2, 0.25) is 0 Å². The molecule has 0 aliphatic heterocycles. The normalized spacial score (nSPS) is 33.3. The maximum Gasteiger partial charge on any atom is 0.309 e. The molecular formula is C21H38O2. The Balaban J connectivity index is 1.74. The van der Waals surface area contributed by atoms with Crippen molar-refractivity contribution in [2.75, 3.05) is 0 Å². The maximum atomic E-state index is 12.5. The molecule has 2 heteroatoms. The minimum absolute atomic E-state index is 0.0940. The SMILES string of the molecule is CC(C)(C)C1CCC(OC(=O)C2CCC(C(C)(C)C)CC2)CC1. The first-order valence-corrected chi connectivity index (χ1v) is 9.78. The Morgan fingerprint density at radius 2 is 1.09 bits per heavy atom. The first kappa shape index (κ1) is 18.8. The van der Waals surface area contributed by atoms with Crippen molar-refractivity contribution in [3.63, 3.8) is 0 Å². The standard InChI is InChI=1S/C21H38O2/c1-20(2,3)16-9-7-15(8-10-16)19(22)23-18-13-11-17(12-14-18)21(4,5)6/h15-18H,7-14H2,1-6H3. The summed E-state index contributed by atoms with van der Waals surface area (Å²) in [5.41, 5.74) is 0.764. The lowest BCUT2D eigenvalue weighted by Crippen LogP contribution is -2.34. The number of hydrogen-bond acceptors (Lipinski definition) is 2. The van der Waals surface area contributed by atoms with E-state index in [2.05, 4.69) is 41.5 Å². The molecule has 0 unspecified atom stereocenters. The van der Waals surface area contributed by atoms with Crippen molar-refractivity contribution < 1.29 is 9.53 Å². The van der Waals surface area contributed by atoms with Crippen molar-refractivity contribution in [1.82, 2.24) is 0 Å². The van der Waals surface area contributed by atoms with Crippen LogP contribution in [-0.2, 0) is 9.53 Å². The number of ether oxygens (including phenoxy) is 1. The van der Waals surface area contributed by atoms with Crippen LogP contribution in [0, 0.1) is 28.6 Å². The highest BCUT2D eigenvalue weighted by Crippen LogP contribution is 2.41. The molecular weight excluding hydrogens is 284 g/mol. The predicted molar refractivity (Wildman–Crippen MR) is 96.2 cm³/mol. The number of hydrogen-bond donors (Lipinski definition) is 0. The molecule has 0 aromatic heterocycles. The summed E-state index contributed by atoms with van der Waals surface area (Å²) in [5, 5.41) is 0. The summed E-state index contributed by atoms with van der Waals surface area (Å²) in [7, 11) is 0. The topological polar surface area (TPSA) is 26.3 Å². The Hall–Kier alpha value is -0.530. The van der Waals surface area contributed by atoms with Gasteiger partial charge in [-0.25, -0.2) is 0 Å². The van der Waals surface area contributed by atoms with Crippen LogP contribution < -0.4 is 0 Å². The van der Waals surface area contributed by atoms with Gasteiger partial charge in [0, 0.05) is 0 Å². The fraction of sp³-hybridized carbons (Fsp3) is 0.952. The Morgan fingerprint density at radius 3 is 1.48 bits per heavy atom. The van der Waals surface area contributed by atoms with Gasteiger partial charge >= 0.3 is 5.97 Å². The first-order valence-electron chi connectivity index (χ1n) is 9.78. The summed E-state index contributed by atoms with van der Waals surface area (Å²) in [6.07, 6.45) is 9.13. The van der Waals surface area contributed by atoms with Crippen LogP contribution in [0.1, 0.15) is 92.9 Å². The molecule has 2 fully saturated rings. The van der Waals surface area contributed by atoms with Gasteiger partial charge in [0.1, 0.15) is 6.10 Å². The molecule has 0 radical (unpaired) electrons. The van der Waals surface area contributed by atoms with E-state index in [0.717, 1.165) is 37.5 Å². The second-order valence-electron chi connectivity index (χ2n) is 10.2. The lowest BCUT2D eigenvalue weighted by molar-refractivity contribution is -0.158. The van der Waals surface area contributed by atoms with Crippen molar-refractivity contribution in [2.45, 2.75) is 99.0 Å². The molecule has 0 N–H and O–H groups in total. The van der Waals surface area contributed by atoms with Crippen LogP contribution in [0.15, 0.2) is 0 Å². The second-order valence-corrected chi connectivity index (χ2v) is 10.2. The molecule has 134 valence electrons. The van der Waals surface area contributed by atoms with E-state index in [1.54, 1.807) is 0 Å². The van der Waals surface area contributed by atoms with E-state index < -0.39 is 0 Å². The van der Waals surface area contributed by atoms with Crippen LogP contribution in [0.3, 0.4) is 0 Å². The summed E-state index contributed by atoms with van der Waals surface area (Å²) in [6, 6.07) is 0. The summed E-state index contributed by atoms with van der Waals surface area (Å²) in [6.45, 7) is 14.0. The van der Waals surface area contributed by atoms with Crippen LogP contribution in [0.4, 0.5) is 0 Å². The van der Waals surface area contributed by atoms with Crippen molar-refractivity contribution in [2.24, 2.45) is 28.6 Å². The van der Waals surface area contributed by atoms with Crippen LogP contribution >= 0.6 is 0 Å². The zero-order valence-corrected chi connectivity index (χ0v) is 16.3. The van der Waals surface area contributed by atoms with Gasteiger partial charge in [0.2, 0.25) is 0 Å². The van der Waals surface area contributed by atoms with Gasteiger partial charge < -0.3 is 4.74 Å². The lowest BCUT2D eigenvalue weighted by Gasteiger charge is -2.38. The molecule has 2 aliphatic rings. The van der Waals surface area contributed by atoms with Crippen molar-refractivity contribution in [1.29, 1.82) is 0 Å². The lowest BCUT2D eigenvalue weighted by atomic mass is 9.70. The average molecular weight is 323 g/mol. The molecule has 0 bridgehead atoms. The fourth-order valence-corrected chi connectivity index (χ4v) is 4.50. The molecule has 0 atom stereocenters. The highest BCUT2D eigenvalue weighted by Gasteiger charge is 2.35. The number of carbonyl (C=O) groups is 1. The monoisotopic (exact) mass is 322 g/mol. The minimum atomic E-state index is 0.0940. The van der Waals surface area contributed by atoms with E-state index in [0.29, 0.717) is 10.8 Å². The molecule has 0 spiro atoms. The number of esters is 1. The number of carbonyl (C=O) groups excluding carboxylic acids is 1. The Bertz CT molecular complexity index is 383. The smallest absolute Gasteiger partial charge is 0.309 e. The summed E-state index contributed by atoms with van der Waals surface area (Å²) >= 11 is 0. The minimum Gasteiger partial charge on any atom is -0.462 e. The highest BCUT2D eigenvalue weighted by molar-refractivity contribution is 5.72. The van der Waals surface area contributed by atoms with Crippen LogP contribution in [-0.4, -0.2) is 12.1 Å². The molecule has 2 rings (SSSR count). The van der Waals surface area contributed by atoms with E-state index in [4.69, 9.17) is 4.74 Å². The molecule has 0 heterocycles. The zero-order chi connectivity index (χ0) is 17.3. The van der Waals surface area contributed by atoms with Gasteiger partial charge in [-0.1, -0.05) is 41.5 Å². The summed E-state index contributed by atoms with van der Waals surface area (Å²) in [4.78, 5) is 12.5. The van der Waals surface area contributed by atoms with Gasteiger partial charge in [-0.05, 0) is 74.0 Å². The second kappa shape index (κ2) is 7.15. The van der Waals surface area contributed by atoms with Gasteiger partial charge in [0.15, 0.2) is 0 Å². The molecule has 23 heavy (non-hydrogen) atoms. The number of rotatable bonds is 2. The predicted octanol–water partition coefficient (Wildman–Crippen LogP) is 5.99. The summed E-state index contributed by atoms with van der Waals surface area (Å²) in [5.74, 6) is 1.79. The van der Waals surface area contributed by atoms with Crippen molar-refractivity contribution in [3.05, 3.63) is 0 Å². The average Bonchev–Trinajstić information content (AvgIpc) is 2.46. The molecule has 0 aromatic rings. The third kappa shape index (κ3) is 5.22. The Labute approximate surface area is 143 Å². The van der Waals surface area contributed by atoms with E-state index in [9.17, 15) is 4.79 Å². The van der Waals surface area contributed by atoms with Gasteiger partial charge in [-0.15, -0.1) is 0 Å². The molecule has 2 saturated carbocycles. The maximum absolute atomic E-state index is 12.5. The molecule has 2 aliphatic carbocycles. The largest absolute Gasteiger partial charge is 0.462 e. The summed E-state index contributed by atoms with van der Waals surface area (Å²) < 4.78 is 5.87. The fourth-order valence-electron chi connectivity index (χ4n) is 4.50. The quantitative estimate of drug-likeness (QED) is 0.584. The molecule has 0 saturated heterocycles. The van der Waals surface area contributed by atoms with Crippen molar-refractivity contribution >= 4 is 5.97 Å². The van der Waals surface area contributed by atoms with Gasteiger partial charge in [0.05, 0.1) is 5.92 Å². The molecule has 0 amide bonds. The van der Waals surface area contributed by atoms with E-state index in [-0.39, 0.29) is 18.0 Å². The van der Waals surface area contributed by atoms with E-state index >= 15 is 0 Å². The van der Waals surface area contributed by atoms with Crippen LogP contribution in [0.25, 0.3) is 0 Å². The highest BCUT2D eigenvalue weighted by atomic mass is 16.5. The molecule has 0 aromatic carbocycles. The molecule has 2 nitrogen and oxygen atoms in total. The van der Waals surface area contributed by atoms with Gasteiger partial charge in [-0.3, -0.25) is 4.79 Å². The third-order valence-electron chi connectivity index (χ3n) is 6.47. The van der Waals surface area contributed by atoms with E-state index in [1.165, 1.54) is 25.7 Å².